The summed E-state index contributed by atoms with van der Waals surface area (Å²) < 4.78 is 1.80. The molecule has 1 aromatic carbocycles. The molecule has 0 saturated carbocycles. The lowest BCUT2D eigenvalue weighted by molar-refractivity contribution is -0.116. The van der Waals surface area contributed by atoms with E-state index >= 15 is 0 Å². The largest absolute Gasteiger partial charge is 0.369 e. The maximum Gasteiger partial charge on any atom is 0.225 e. The lowest BCUT2D eigenvalue weighted by Gasteiger charge is -2.36. The highest BCUT2D eigenvalue weighted by Crippen LogP contribution is 2.15. The smallest absolute Gasteiger partial charge is 0.225 e. The van der Waals surface area contributed by atoms with Crippen LogP contribution in [0.4, 0.5) is 11.4 Å². The van der Waals surface area contributed by atoms with Crippen LogP contribution in [-0.4, -0.2) is 53.3 Å². The number of amides is 1. The Morgan fingerprint density at radius 1 is 1.17 bits per heavy atom. The van der Waals surface area contributed by atoms with Crippen LogP contribution in [0.5, 0.6) is 0 Å². The van der Waals surface area contributed by atoms with Gasteiger partial charge in [-0.25, -0.2) is 0 Å². The van der Waals surface area contributed by atoms with Gasteiger partial charge in [0.2, 0.25) is 5.91 Å². The number of hydrogen-bond donors (Lipinski definition) is 1. The first-order valence-corrected chi connectivity index (χ1v) is 8.59. The topological polar surface area (TPSA) is 53.4 Å². The Labute approximate surface area is 143 Å². The van der Waals surface area contributed by atoms with Gasteiger partial charge in [0.05, 0.1) is 11.9 Å². The van der Waals surface area contributed by atoms with E-state index in [9.17, 15) is 4.79 Å². The van der Waals surface area contributed by atoms with Gasteiger partial charge in [0, 0.05) is 57.6 Å². The molecule has 2 aromatic rings. The Hall–Kier alpha value is -2.34. The molecule has 1 aromatic heterocycles. The van der Waals surface area contributed by atoms with Crippen molar-refractivity contribution in [2.24, 2.45) is 0 Å². The molecule has 6 heteroatoms. The van der Waals surface area contributed by atoms with Crippen LogP contribution in [0.2, 0.25) is 0 Å². The highest BCUT2D eigenvalue weighted by atomic mass is 16.1. The predicted octanol–water partition coefficient (Wildman–Crippen LogP) is 2.05. The molecule has 0 spiro atoms. The second-order valence-corrected chi connectivity index (χ2v) is 6.05. The Balaban J connectivity index is 1.39. The van der Waals surface area contributed by atoms with Crippen LogP contribution in [0, 0.1) is 0 Å². The minimum atomic E-state index is 0.0520. The summed E-state index contributed by atoms with van der Waals surface area (Å²) >= 11 is 0. The van der Waals surface area contributed by atoms with E-state index in [-0.39, 0.29) is 5.91 Å². The molecule has 2 heterocycles. The van der Waals surface area contributed by atoms with Crippen LogP contribution >= 0.6 is 0 Å². The summed E-state index contributed by atoms with van der Waals surface area (Å²) in [6, 6.07) is 10.5. The fraction of sp³-hybridized carbons (Fsp3) is 0.444. The van der Waals surface area contributed by atoms with Gasteiger partial charge in [0.1, 0.15) is 0 Å². The number of carbonyl (C=O) groups excluding carboxylic acids is 1. The number of aryl methyl sites for hydroxylation is 1. The number of hydrogen-bond acceptors (Lipinski definition) is 4. The van der Waals surface area contributed by atoms with E-state index in [1.165, 1.54) is 5.69 Å². The number of nitrogens with one attached hydrogen (secondary N) is 1. The molecule has 1 aliphatic rings. The maximum atomic E-state index is 12.1. The second kappa shape index (κ2) is 7.97. The van der Waals surface area contributed by atoms with Crippen molar-refractivity contribution in [3.63, 3.8) is 0 Å². The van der Waals surface area contributed by atoms with Gasteiger partial charge in [0.25, 0.3) is 0 Å². The first-order valence-electron chi connectivity index (χ1n) is 8.59. The summed E-state index contributed by atoms with van der Waals surface area (Å²) in [4.78, 5) is 16.8. The highest BCUT2D eigenvalue weighted by molar-refractivity contribution is 5.90. The summed E-state index contributed by atoms with van der Waals surface area (Å²) in [5.74, 6) is 0.0520. The van der Waals surface area contributed by atoms with Crippen LogP contribution in [0.1, 0.15) is 13.3 Å². The minimum absolute atomic E-state index is 0.0520. The number of carbonyl (C=O) groups is 1. The Bertz CT molecular complexity index is 646. The Morgan fingerprint density at radius 3 is 2.58 bits per heavy atom. The van der Waals surface area contributed by atoms with Gasteiger partial charge in [-0.2, -0.15) is 5.10 Å². The molecule has 0 aliphatic carbocycles. The number of nitrogens with zero attached hydrogens (tertiary/aromatic N) is 4. The van der Waals surface area contributed by atoms with Crippen molar-refractivity contribution in [1.29, 1.82) is 0 Å². The molecule has 1 N–H and O–H groups in total. The zero-order valence-electron chi connectivity index (χ0n) is 14.2. The molecule has 3 rings (SSSR count). The van der Waals surface area contributed by atoms with E-state index in [0.29, 0.717) is 6.42 Å². The molecule has 0 atom stereocenters. The van der Waals surface area contributed by atoms with E-state index < -0.39 is 0 Å². The Morgan fingerprint density at radius 2 is 1.92 bits per heavy atom. The van der Waals surface area contributed by atoms with Crippen LogP contribution in [0.3, 0.4) is 0 Å². The number of rotatable bonds is 6. The van der Waals surface area contributed by atoms with E-state index in [1.54, 1.807) is 10.9 Å². The molecular weight excluding hydrogens is 302 g/mol. The van der Waals surface area contributed by atoms with Crippen molar-refractivity contribution in [3.8, 4) is 0 Å². The fourth-order valence-electron chi connectivity index (χ4n) is 2.95. The lowest BCUT2D eigenvalue weighted by Crippen LogP contribution is -2.47. The summed E-state index contributed by atoms with van der Waals surface area (Å²) in [6.45, 7) is 7.64. The number of benzene rings is 1. The molecule has 128 valence electrons. The zero-order valence-corrected chi connectivity index (χ0v) is 14.2. The van der Waals surface area contributed by atoms with Gasteiger partial charge < -0.3 is 10.2 Å². The van der Waals surface area contributed by atoms with Crippen LogP contribution < -0.4 is 10.2 Å². The highest BCUT2D eigenvalue weighted by Gasteiger charge is 2.17. The van der Waals surface area contributed by atoms with Gasteiger partial charge in [-0.1, -0.05) is 18.2 Å². The predicted molar refractivity (Wildman–Crippen MR) is 96.2 cm³/mol. The summed E-state index contributed by atoms with van der Waals surface area (Å²) in [5.41, 5.74) is 2.05. The second-order valence-electron chi connectivity index (χ2n) is 6.05. The standard InChI is InChI=1S/C18H25N5O/c1-2-23-15-16(14-19-23)20-18(24)8-9-21-10-12-22(13-11-21)17-6-4-3-5-7-17/h3-7,14-15H,2,8-13H2,1H3,(H,20,24). The molecule has 0 bridgehead atoms. The van der Waals surface area contributed by atoms with E-state index in [4.69, 9.17) is 0 Å². The van der Waals surface area contributed by atoms with E-state index in [1.807, 2.05) is 19.2 Å². The molecule has 1 fully saturated rings. The van der Waals surface area contributed by atoms with Crippen LogP contribution in [0.25, 0.3) is 0 Å². The van der Waals surface area contributed by atoms with Gasteiger partial charge in [-0.05, 0) is 19.1 Å². The van der Waals surface area contributed by atoms with Gasteiger partial charge in [-0.3, -0.25) is 14.4 Å². The van der Waals surface area contributed by atoms with Crippen molar-refractivity contribution in [3.05, 3.63) is 42.7 Å². The van der Waals surface area contributed by atoms with Crippen molar-refractivity contribution in [2.45, 2.75) is 19.9 Å². The van der Waals surface area contributed by atoms with Gasteiger partial charge in [0.15, 0.2) is 0 Å². The molecule has 1 amide bonds. The third-order valence-electron chi connectivity index (χ3n) is 4.39. The molecular formula is C18H25N5O. The summed E-state index contributed by atoms with van der Waals surface area (Å²) in [5, 5.41) is 7.07. The monoisotopic (exact) mass is 327 g/mol. The van der Waals surface area contributed by atoms with Gasteiger partial charge >= 0.3 is 0 Å². The summed E-state index contributed by atoms with van der Waals surface area (Å²) in [6.07, 6.45) is 4.07. The van der Waals surface area contributed by atoms with Crippen LogP contribution in [0.15, 0.2) is 42.7 Å². The molecule has 1 aliphatic heterocycles. The van der Waals surface area contributed by atoms with Crippen molar-refractivity contribution in [2.75, 3.05) is 42.9 Å². The Kier molecular flexibility index (Phi) is 5.48. The normalized spacial score (nSPS) is 15.5. The van der Waals surface area contributed by atoms with Crippen LogP contribution in [-0.2, 0) is 11.3 Å². The number of aromatic nitrogens is 2. The zero-order chi connectivity index (χ0) is 16.8. The molecule has 0 radical (unpaired) electrons. The quantitative estimate of drug-likeness (QED) is 0.882. The average Bonchev–Trinajstić information content (AvgIpc) is 3.09. The molecule has 24 heavy (non-hydrogen) atoms. The maximum absolute atomic E-state index is 12.1. The third kappa shape index (κ3) is 4.35. The first-order chi connectivity index (χ1) is 11.7. The number of piperazine rings is 1. The molecule has 6 nitrogen and oxygen atoms in total. The van der Waals surface area contributed by atoms with E-state index in [0.717, 1.165) is 45.0 Å². The van der Waals surface area contributed by atoms with Gasteiger partial charge in [-0.15, -0.1) is 0 Å². The van der Waals surface area contributed by atoms with Crippen molar-refractivity contribution < 1.29 is 4.79 Å². The van der Waals surface area contributed by atoms with E-state index in [2.05, 4.69) is 44.5 Å². The van der Waals surface area contributed by atoms with Crippen molar-refractivity contribution in [1.82, 2.24) is 14.7 Å². The molecule has 1 saturated heterocycles. The third-order valence-corrected chi connectivity index (χ3v) is 4.39. The lowest BCUT2D eigenvalue weighted by atomic mass is 10.2. The number of para-hydroxylation sites is 1. The molecule has 0 unspecified atom stereocenters. The van der Waals surface area contributed by atoms with Crippen molar-refractivity contribution >= 4 is 17.3 Å². The first kappa shape index (κ1) is 16.5. The minimum Gasteiger partial charge on any atom is -0.369 e. The SMILES string of the molecule is CCn1cc(NC(=O)CCN2CCN(c3ccccc3)CC2)cn1. The number of anilines is 2. The average molecular weight is 327 g/mol. The fourth-order valence-corrected chi connectivity index (χ4v) is 2.95. The summed E-state index contributed by atoms with van der Waals surface area (Å²) in [7, 11) is 0.